The highest BCUT2D eigenvalue weighted by Gasteiger charge is 2.34. The summed E-state index contributed by atoms with van der Waals surface area (Å²) in [7, 11) is -3.50. The summed E-state index contributed by atoms with van der Waals surface area (Å²) in [5.74, 6) is 1.87. The van der Waals surface area contributed by atoms with Gasteiger partial charge in [0.25, 0.3) is 10.1 Å². The molecule has 2 aromatic heterocycles. The normalized spacial score (nSPS) is 21.8. The number of ether oxygens (including phenoxy) is 1. The lowest BCUT2D eigenvalue weighted by atomic mass is 9.91. The molecular weight excluding hydrogens is 444 g/mol. The maximum atomic E-state index is 11.2. The SMILES string of the molecule is CS(=O)(=O)OCc1cccc(OC[C@@H]2CC[C@@H]3CN(c4noc5ccccc45)CCN3C2)n1. The zero-order valence-corrected chi connectivity index (χ0v) is 19.4. The Morgan fingerprint density at radius 2 is 1.97 bits per heavy atom. The molecule has 0 N–H and O–H groups in total. The first kappa shape index (κ1) is 22.1. The van der Waals surface area contributed by atoms with E-state index in [0.717, 1.165) is 62.1 Å². The molecule has 2 saturated heterocycles. The zero-order valence-electron chi connectivity index (χ0n) is 18.6. The van der Waals surface area contributed by atoms with E-state index in [0.29, 0.717) is 30.1 Å². The molecule has 0 saturated carbocycles. The van der Waals surface area contributed by atoms with Gasteiger partial charge in [-0.2, -0.15) is 8.42 Å². The highest BCUT2D eigenvalue weighted by atomic mass is 32.2. The van der Waals surface area contributed by atoms with Crippen LogP contribution in [0.5, 0.6) is 5.88 Å². The van der Waals surface area contributed by atoms with Crippen molar-refractivity contribution in [3.05, 3.63) is 48.2 Å². The molecule has 9 nitrogen and oxygen atoms in total. The second-order valence-electron chi connectivity index (χ2n) is 8.78. The molecule has 0 bridgehead atoms. The largest absolute Gasteiger partial charge is 0.477 e. The van der Waals surface area contributed by atoms with Gasteiger partial charge in [-0.25, -0.2) is 4.98 Å². The fraction of sp³-hybridized carbons (Fsp3) is 0.478. The Kier molecular flexibility index (Phi) is 6.22. The Hall–Kier alpha value is -2.69. The fourth-order valence-corrected chi connectivity index (χ4v) is 5.01. The second kappa shape index (κ2) is 9.28. The van der Waals surface area contributed by atoms with Crippen molar-refractivity contribution in [2.75, 3.05) is 43.9 Å². The molecule has 0 spiro atoms. The van der Waals surface area contributed by atoms with Gasteiger partial charge in [-0.05, 0) is 31.0 Å². The maximum Gasteiger partial charge on any atom is 0.264 e. The lowest BCUT2D eigenvalue weighted by molar-refractivity contribution is 0.0716. The van der Waals surface area contributed by atoms with E-state index in [1.807, 2.05) is 18.2 Å². The number of piperazine rings is 1. The number of nitrogens with zero attached hydrogens (tertiary/aromatic N) is 4. The van der Waals surface area contributed by atoms with Gasteiger partial charge in [-0.3, -0.25) is 9.08 Å². The van der Waals surface area contributed by atoms with Crippen LogP contribution in [0.25, 0.3) is 11.0 Å². The van der Waals surface area contributed by atoms with Crippen LogP contribution in [0.1, 0.15) is 18.5 Å². The molecule has 1 aromatic carbocycles. The van der Waals surface area contributed by atoms with Crippen molar-refractivity contribution in [2.24, 2.45) is 5.92 Å². The third-order valence-electron chi connectivity index (χ3n) is 6.33. The summed E-state index contributed by atoms with van der Waals surface area (Å²) in [6, 6.07) is 13.8. The lowest BCUT2D eigenvalue weighted by Crippen LogP contribution is -2.57. The monoisotopic (exact) mass is 472 g/mol. The molecule has 2 fully saturated rings. The summed E-state index contributed by atoms with van der Waals surface area (Å²) in [5.41, 5.74) is 1.36. The summed E-state index contributed by atoms with van der Waals surface area (Å²) in [6.07, 6.45) is 3.22. The molecule has 0 aliphatic carbocycles. The molecule has 2 atom stereocenters. The first-order valence-electron chi connectivity index (χ1n) is 11.2. The Morgan fingerprint density at radius 3 is 2.85 bits per heavy atom. The van der Waals surface area contributed by atoms with E-state index >= 15 is 0 Å². The average molecular weight is 473 g/mol. The van der Waals surface area contributed by atoms with Crippen LogP contribution >= 0.6 is 0 Å². The molecule has 5 rings (SSSR count). The van der Waals surface area contributed by atoms with Gasteiger partial charge in [0.2, 0.25) is 5.88 Å². The smallest absolute Gasteiger partial charge is 0.264 e. The van der Waals surface area contributed by atoms with Crippen LogP contribution in [-0.4, -0.2) is 68.5 Å². The van der Waals surface area contributed by atoms with E-state index in [1.54, 1.807) is 18.2 Å². The predicted molar refractivity (Wildman–Crippen MR) is 124 cm³/mol. The van der Waals surface area contributed by atoms with Crippen LogP contribution in [0.15, 0.2) is 47.0 Å². The summed E-state index contributed by atoms with van der Waals surface area (Å²) >= 11 is 0. The van der Waals surface area contributed by atoms with Gasteiger partial charge in [-0.1, -0.05) is 23.4 Å². The van der Waals surface area contributed by atoms with Crippen molar-refractivity contribution in [2.45, 2.75) is 25.5 Å². The Bertz CT molecular complexity index is 1210. The quantitative estimate of drug-likeness (QED) is 0.481. The van der Waals surface area contributed by atoms with Crippen LogP contribution in [0.4, 0.5) is 5.82 Å². The van der Waals surface area contributed by atoms with E-state index in [4.69, 9.17) is 13.4 Å². The molecule has 176 valence electrons. The number of piperidine rings is 1. The van der Waals surface area contributed by atoms with E-state index in [1.165, 1.54) is 0 Å². The van der Waals surface area contributed by atoms with Gasteiger partial charge >= 0.3 is 0 Å². The lowest BCUT2D eigenvalue weighted by Gasteiger charge is -2.46. The standard InChI is InChI=1S/C23H28N4O5S/c1-33(28,29)31-16-18-5-4-8-22(24-18)30-15-17-9-10-19-14-27(12-11-26(19)13-17)23-20-6-2-3-7-21(20)32-25-23/h2-8,17,19H,9-16H2,1H3/t17-,19-/m1/s1. The fourth-order valence-electron chi connectivity index (χ4n) is 4.68. The summed E-state index contributed by atoms with van der Waals surface area (Å²) < 4.78 is 38.6. The predicted octanol–water partition coefficient (Wildman–Crippen LogP) is 2.68. The van der Waals surface area contributed by atoms with E-state index in [-0.39, 0.29) is 6.61 Å². The van der Waals surface area contributed by atoms with Crippen molar-refractivity contribution >= 4 is 26.9 Å². The minimum Gasteiger partial charge on any atom is -0.477 e. The Balaban J connectivity index is 1.14. The van der Waals surface area contributed by atoms with Crippen LogP contribution in [0.2, 0.25) is 0 Å². The number of benzene rings is 1. The van der Waals surface area contributed by atoms with Crippen molar-refractivity contribution in [1.82, 2.24) is 15.0 Å². The molecule has 4 heterocycles. The number of rotatable bonds is 7. The number of fused-ring (bicyclic) bond motifs is 2. The number of aromatic nitrogens is 2. The minimum absolute atomic E-state index is 0.0910. The van der Waals surface area contributed by atoms with Crippen LogP contribution in [-0.2, 0) is 20.9 Å². The van der Waals surface area contributed by atoms with E-state index in [9.17, 15) is 8.42 Å². The van der Waals surface area contributed by atoms with Gasteiger partial charge in [0.05, 0.1) is 23.9 Å². The van der Waals surface area contributed by atoms with Crippen molar-refractivity contribution in [3.8, 4) is 5.88 Å². The maximum absolute atomic E-state index is 11.2. The van der Waals surface area contributed by atoms with Gasteiger partial charge in [0.15, 0.2) is 11.4 Å². The first-order valence-corrected chi connectivity index (χ1v) is 13.0. The van der Waals surface area contributed by atoms with Gasteiger partial charge in [0, 0.05) is 44.2 Å². The van der Waals surface area contributed by atoms with Crippen molar-refractivity contribution in [3.63, 3.8) is 0 Å². The summed E-state index contributed by atoms with van der Waals surface area (Å²) in [6.45, 7) is 4.35. The number of anilines is 1. The number of hydrogen-bond acceptors (Lipinski definition) is 9. The Morgan fingerprint density at radius 1 is 1.09 bits per heavy atom. The van der Waals surface area contributed by atoms with Crippen LogP contribution < -0.4 is 9.64 Å². The third-order valence-corrected chi connectivity index (χ3v) is 6.88. The molecule has 33 heavy (non-hydrogen) atoms. The van der Waals surface area contributed by atoms with Crippen molar-refractivity contribution in [1.29, 1.82) is 0 Å². The van der Waals surface area contributed by atoms with E-state index in [2.05, 4.69) is 26.0 Å². The summed E-state index contributed by atoms with van der Waals surface area (Å²) in [5, 5.41) is 5.41. The molecule has 2 aliphatic rings. The van der Waals surface area contributed by atoms with Crippen molar-refractivity contribution < 1.29 is 21.9 Å². The Labute approximate surface area is 193 Å². The molecule has 3 aromatic rings. The topological polar surface area (TPSA) is 98.0 Å². The first-order chi connectivity index (χ1) is 15.9. The molecule has 2 aliphatic heterocycles. The van der Waals surface area contributed by atoms with E-state index < -0.39 is 10.1 Å². The average Bonchev–Trinajstić information content (AvgIpc) is 3.25. The zero-order chi connectivity index (χ0) is 22.8. The number of para-hydroxylation sites is 1. The van der Waals surface area contributed by atoms with Gasteiger partial charge < -0.3 is 14.2 Å². The highest BCUT2D eigenvalue weighted by molar-refractivity contribution is 7.85. The molecule has 10 heteroatoms. The van der Waals surface area contributed by atoms with Gasteiger partial charge in [0.1, 0.15) is 6.61 Å². The number of hydrogen-bond donors (Lipinski definition) is 0. The summed E-state index contributed by atoms with van der Waals surface area (Å²) in [4.78, 5) is 9.26. The van der Waals surface area contributed by atoms with Crippen LogP contribution in [0.3, 0.4) is 0 Å². The van der Waals surface area contributed by atoms with Gasteiger partial charge in [-0.15, -0.1) is 0 Å². The molecule has 0 amide bonds. The molecule has 0 radical (unpaired) electrons. The highest BCUT2D eigenvalue weighted by Crippen LogP contribution is 2.31. The second-order valence-corrected chi connectivity index (χ2v) is 10.4. The molecular formula is C23H28N4O5S. The third kappa shape index (κ3) is 5.29. The molecule has 0 unspecified atom stereocenters. The number of pyridine rings is 1. The minimum atomic E-state index is -3.50. The van der Waals surface area contributed by atoms with Crippen LogP contribution in [0, 0.1) is 5.92 Å².